The minimum Gasteiger partial charge on any atom is -0.486 e. The molecule has 0 saturated heterocycles. The van der Waals surface area contributed by atoms with Gasteiger partial charge in [0, 0.05) is 13.0 Å². The molecule has 3 aromatic rings. The number of hydrogen-bond donors (Lipinski definition) is 1. The lowest BCUT2D eigenvalue weighted by Gasteiger charge is -2.20. The van der Waals surface area contributed by atoms with E-state index in [1.54, 1.807) is 0 Å². The van der Waals surface area contributed by atoms with Crippen LogP contribution >= 0.6 is 11.6 Å². The van der Waals surface area contributed by atoms with Crippen LogP contribution in [0.15, 0.2) is 47.0 Å². The SMILES string of the molecule is CC(NCc1cc(Cl)c2c(c1)OCCO2)c1nc(Cc2ccccc2)no1. The van der Waals surface area contributed by atoms with Gasteiger partial charge in [0.1, 0.15) is 13.2 Å². The minimum absolute atomic E-state index is 0.0889. The summed E-state index contributed by atoms with van der Waals surface area (Å²) in [5, 5.41) is 8.01. The van der Waals surface area contributed by atoms with Gasteiger partial charge in [0.05, 0.1) is 11.1 Å². The van der Waals surface area contributed by atoms with Crippen molar-refractivity contribution in [1.29, 1.82) is 0 Å². The molecule has 0 bridgehead atoms. The summed E-state index contributed by atoms with van der Waals surface area (Å²) >= 11 is 6.29. The molecule has 2 aromatic carbocycles. The van der Waals surface area contributed by atoms with Crippen LogP contribution in [-0.4, -0.2) is 23.4 Å². The van der Waals surface area contributed by atoms with Crippen LogP contribution in [0.4, 0.5) is 0 Å². The highest BCUT2D eigenvalue weighted by molar-refractivity contribution is 6.32. The first-order valence-corrected chi connectivity index (χ1v) is 9.24. The number of fused-ring (bicyclic) bond motifs is 1. The second-order valence-corrected chi connectivity index (χ2v) is 6.82. The van der Waals surface area contributed by atoms with Gasteiger partial charge < -0.3 is 19.3 Å². The number of nitrogens with zero attached hydrogens (tertiary/aromatic N) is 2. The number of hydrogen-bond acceptors (Lipinski definition) is 6. The van der Waals surface area contributed by atoms with Gasteiger partial charge in [0.2, 0.25) is 5.89 Å². The summed E-state index contributed by atoms with van der Waals surface area (Å²) in [6.07, 6.45) is 0.648. The molecule has 0 spiro atoms. The molecule has 4 rings (SSSR count). The number of nitrogens with one attached hydrogen (secondary N) is 1. The standard InChI is InChI=1S/C20H20ClN3O3/c1-13(20-23-18(24-27-20)11-14-5-3-2-4-6-14)22-12-15-9-16(21)19-17(10-15)25-7-8-26-19/h2-6,9-10,13,22H,7-8,11-12H2,1H3. The van der Waals surface area contributed by atoms with E-state index >= 15 is 0 Å². The van der Waals surface area contributed by atoms with E-state index in [4.69, 9.17) is 25.6 Å². The Labute approximate surface area is 162 Å². The molecule has 7 heteroatoms. The molecule has 1 unspecified atom stereocenters. The lowest BCUT2D eigenvalue weighted by Crippen LogP contribution is -2.19. The Morgan fingerprint density at radius 2 is 1.93 bits per heavy atom. The zero-order chi connectivity index (χ0) is 18.6. The molecule has 6 nitrogen and oxygen atoms in total. The van der Waals surface area contributed by atoms with Gasteiger partial charge >= 0.3 is 0 Å². The maximum atomic E-state index is 6.29. The first-order chi connectivity index (χ1) is 13.2. The maximum absolute atomic E-state index is 6.29. The van der Waals surface area contributed by atoms with Crippen molar-refractivity contribution in [2.24, 2.45) is 0 Å². The third kappa shape index (κ3) is 4.23. The zero-order valence-corrected chi connectivity index (χ0v) is 15.7. The summed E-state index contributed by atoms with van der Waals surface area (Å²) in [6, 6.07) is 13.8. The fraction of sp³-hybridized carbons (Fsp3) is 0.300. The lowest BCUT2D eigenvalue weighted by molar-refractivity contribution is 0.171. The maximum Gasteiger partial charge on any atom is 0.243 e. The van der Waals surface area contributed by atoms with E-state index in [2.05, 4.69) is 15.5 Å². The first kappa shape index (κ1) is 17.8. The second-order valence-electron chi connectivity index (χ2n) is 6.42. The molecule has 0 radical (unpaired) electrons. The average Bonchev–Trinajstić information content (AvgIpc) is 3.15. The van der Waals surface area contributed by atoms with E-state index in [1.165, 1.54) is 0 Å². The molecule has 1 atom stereocenters. The van der Waals surface area contributed by atoms with E-state index in [1.807, 2.05) is 49.4 Å². The molecule has 2 heterocycles. The Hall–Kier alpha value is -2.57. The Balaban J connectivity index is 1.38. The summed E-state index contributed by atoms with van der Waals surface area (Å²) < 4.78 is 16.6. The Bertz CT molecular complexity index is 914. The van der Waals surface area contributed by atoms with Crippen molar-refractivity contribution < 1.29 is 14.0 Å². The number of rotatable bonds is 6. The summed E-state index contributed by atoms with van der Waals surface area (Å²) in [7, 11) is 0. The normalized spacial score (nSPS) is 14.1. The fourth-order valence-corrected chi connectivity index (χ4v) is 3.21. The molecule has 0 aliphatic carbocycles. The molecule has 27 heavy (non-hydrogen) atoms. The van der Waals surface area contributed by atoms with Crippen LogP contribution in [0.5, 0.6) is 11.5 Å². The highest BCUT2D eigenvalue weighted by Crippen LogP contribution is 2.38. The number of aromatic nitrogens is 2. The monoisotopic (exact) mass is 385 g/mol. The Kier molecular flexibility index (Phi) is 5.27. The molecule has 140 valence electrons. The van der Waals surface area contributed by atoms with Gasteiger partial charge in [-0.25, -0.2) is 0 Å². The van der Waals surface area contributed by atoms with Crippen molar-refractivity contribution in [3.63, 3.8) is 0 Å². The van der Waals surface area contributed by atoms with E-state index < -0.39 is 0 Å². The highest BCUT2D eigenvalue weighted by Gasteiger charge is 2.18. The van der Waals surface area contributed by atoms with Gasteiger partial charge in [-0.3, -0.25) is 0 Å². The zero-order valence-electron chi connectivity index (χ0n) is 14.9. The molecular formula is C20H20ClN3O3. The van der Waals surface area contributed by atoms with Crippen LogP contribution in [0, 0.1) is 0 Å². The molecule has 1 aromatic heterocycles. The average molecular weight is 386 g/mol. The lowest BCUT2D eigenvalue weighted by atomic mass is 10.1. The molecule has 0 amide bonds. The number of benzene rings is 2. The number of halogens is 1. The van der Waals surface area contributed by atoms with Crippen molar-refractivity contribution in [2.75, 3.05) is 13.2 Å². The van der Waals surface area contributed by atoms with Crippen LogP contribution < -0.4 is 14.8 Å². The molecule has 0 saturated carbocycles. The van der Waals surface area contributed by atoms with Crippen LogP contribution in [0.25, 0.3) is 0 Å². The van der Waals surface area contributed by atoms with Crippen LogP contribution in [0.1, 0.15) is 35.8 Å². The van der Waals surface area contributed by atoms with Crippen molar-refractivity contribution >= 4 is 11.6 Å². The summed E-state index contributed by atoms with van der Waals surface area (Å²) in [4.78, 5) is 4.49. The van der Waals surface area contributed by atoms with Crippen molar-refractivity contribution in [3.05, 3.63) is 70.3 Å². The number of ether oxygens (including phenoxy) is 2. The summed E-state index contributed by atoms with van der Waals surface area (Å²) in [6.45, 7) is 3.62. The Morgan fingerprint density at radius 1 is 1.11 bits per heavy atom. The summed E-state index contributed by atoms with van der Waals surface area (Å²) in [5.74, 6) is 2.53. The topological polar surface area (TPSA) is 69.4 Å². The highest BCUT2D eigenvalue weighted by atomic mass is 35.5. The van der Waals surface area contributed by atoms with Crippen LogP contribution in [0.2, 0.25) is 5.02 Å². The van der Waals surface area contributed by atoms with Gasteiger partial charge in [0.15, 0.2) is 17.3 Å². The first-order valence-electron chi connectivity index (χ1n) is 8.87. The van der Waals surface area contributed by atoms with Gasteiger partial charge in [-0.05, 0) is 30.2 Å². The van der Waals surface area contributed by atoms with E-state index in [9.17, 15) is 0 Å². The minimum atomic E-state index is -0.0889. The molecule has 1 aliphatic heterocycles. The van der Waals surface area contributed by atoms with Gasteiger partial charge in [-0.1, -0.05) is 47.1 Å². The van der Waals surface area contributed by atoms with E-state index in [0.717, 1.165) is 11.1 Å². The predicted molar refractivity (Wildman–Crippen MR) is 101 cm³/mol. The quantitative estimate of drug-likeness (QED) is 0.693. The van der Waals surface area contributed by atoms with E-state index in [0.29, 0.717) is 54.4 Å². The largest absolute Gasteiger partial charge is 0.486 e. The van der Waals surface area contributed by atoms with Gasteiger partial charge in [0.25, 0.3) is 0 Å². The Morgan fingerprint density at radius 3 is 2.78 bits per heavy atom. The van der Waals surface area contributed by atoms with Crippen molar-refractivity contribution in [1.82, 2.24) is 15.5 Å². The third-order valence-corrected chi connectivity index (χ3v) is 4.61. The predicted octanol–water partition coefficient (Wildman–Crippen LogP) is 3.94. The van der Waals surface area contributed by atoms with E-state index in [-0.39, 0.29) is 6.04 Å². The smallest absolute Gasteiger partial charge is 0.243 e. The molecule has 1 aliphatic rings. The summed E-state index contributed by atoms with van der Waals surface area (Å²) in [5.41, 5.74) is 2.15. The van der Waals surface area contributed by atoms with Crippen molar-refractivity contribution in [3.8, 4) is 11.5 Å². The van der Waals surface area contributed by atoms with Crippen LogP contribution in [0.3, 0.4) is 0 Å². The second kappa shape index (κ2) is 7.98. The molecular weight excluding hydrogens is 366 g/mol. The molecule has 0 fully saturated rings. The van der Waals surface area contributed by atoms with Gasteiger partial charge in [-0.2, -0.15) is 4.98 Å². The fourth-order valence-electron chi connectivity index (χ4n) is 2.92. The van der Waals surface area contributed by atoms with Crippen molar-refractivity contribution in [2.45, 2.75) is 25.9 Å². The van der Waals surface area contributed by atoms with Gasteiger partial charge in [-0.15, -0.1) is 0 Å². The van der Waals surface area contributed by atoms with Crippen LogP contribution in [-0.2, 0) is 13.0 Å². The molecule has 1 N–H and O–H groups in total. The third-order valence-electron chi connectivity index (χ3n) is 4.33.